The van der Waals surface area contributed by atoms with E-state index in [-0.39, 0.29) is 0 Å². The fraction of sp³-hybridized carbons (Fsp3) is 0.0556. The highest BCUT2D eigenvalue weighted by molar-refractivity contribution is 5.49. The number of pyridine rings is 1. The van der Waals surface area contributed by atoms with E-state index in [0.29, 0.717) is 18.2 Å². The molecule has 0 spiro atoms. The summed E-state index contributed by atoms with van der Waals surface area (Å²) in [5.74, 6) is 2.00. The molecule has 0 bridgehead atoms. The van der Waals surface area contributed by atoms with Gasteiger partial charge in [0.15, 0.2) is 0 Å². The zero-order valence-electron chi connectivity index (χ0n) is 12.8. The van der Waals surface area contributed by atoms with E-state index < -0.39 is 0 Å². The summed E-state index contributed by atoms with van der Waals surface area (Å²) in [6.45, 7) is 0.639. The third-order valence-corrected chi connectivity index (χ3v) is 3.53. The SMILES string of the molecule is c1ccc(Oc2cccc(NCc3cnc4ncccn34)c2)nc1. The van der Waals surface area contributed by atoms with Gasteiger partial charge in [-0.15, -0.1) is 0 Å². The first-order valence-electron chi connectivity index (χ1n) is 7.58. The van der Waals surface area contributed by atoms with Crippen LogP contribution in [-0.2, 0) is 6.54 Å². The summed E-state index contributed by atoms with van der Waals surface area (Å²) in [5, 5.41) is 3.38. The van der Waals surface area contributed by atoms with Crippen LogP contribution in [0.1, 0.15) is 5.69 Å². The van der Waals surface area contributed by atoms with Crippen LogP contribution in [0, 0.1) is 0 Å². The summed E-state index contributed by atoms with van der Waals surface area (Å²) >= 11 is 0. The molecule has 0 aliphatic heterocycles. The predicted octanol–water partition coefficient (Wildman–Crippen LogP) is 3.53. The molecule has 0 atom stereocenters. The number of ether oxygens (including phenoxy) is 1. The molecule has 6 heteroatoms. The van der Waals surface area contributed by atoms with Gasteiger partial charge in [-0.25, -0.2) is 15.0 Å². The van der Waals surface area contributed by atoms with Gasteiger partial charge < -0.3 is 10.1 Å². The number of hydrogen-bond acceptors (Lipinski definition) is 5. The Balaban J connectivity index is 1.48. The maximum absolute atomic E-state index is 5.75. The summed E-state index contributed by atoms with van der Waals surface area (Å²) < 4.78 is 7.71. The molecule has 0 amide bonds. The van der Waals surface area contributed by atoms with Crippen LogP contribution in [0.3, 0.4) is 0 Å². The summed E-state index contributed by atoms with van der Waals surface area (Å²) in [4.78, 5) is 12.7. The lowest BCUT2D eigenvalue weighted by Gasteiger charge is -2.09. The van der Waals surface area contributed by atoms with Crippen molar-refractivity contribution in [3.8, 4) is 11.6 Å². The highest BCUT2D eigenvalue weighted by Crippen LogP contribution is 2.22. The Labute approximate surface area is 138 Å². The zero-order chi connectivity index (χ0) is 16.2. The first kappa shape index (κ1) is 14.2. The van der Waals surface area contributed by atoms with Gasteiger partial charge in [0, 0.05) is 36.4 Å². The second-order valence-corrected chi connectivity index (χ2v) is 5.19. The van der Waals surface area contributed by atoms with Crippen LogP contribution in [-0.4, -0.2) is 19.4 Å². The summed E-state index contributed by atoms with van der Waals surface area (Å²) in [5.41, 5.74) is 2.00. The van der Waals surface area contributed by atoms with Gasteiger partial charge in [0.2, 0.25) is 11.7 Å². The lowest BCUT2D eigenvalue weighted by atomic mass is 10.3. The Morgan fingerprint density at radius 2 is 1.92 bits per heavy atom. The highest BCUT2D eigenvalue weighted by atomic mass is 16.5. The Morgan fingerprint density at radius 1 is 0.958 bits per heavy atom. The molecule has 0 aliphatic rings. The molecule has 6 nitrogen and oxygen atoms in total. The number of imidazole rings is 1. The van der Waals surface area contributed by atoms with Crippen LogP contribution in [0.4, 0.5) is 5.69 Å². The Bertz CT molecular complexity index is 952. The van der Waals surface area contributed by atoms with E-state index in [4.69, 9.17) is 4.74 Å². The van der Waals surface area contributed by atoms with Crippen LogP contribution >= 0.6 is 0 Å². The molecule has 0 fully saturated rings. The fourth-order valence-corrected chi connectivity index (χ4v) is 2.40. The lowest BCUT2D eigenvalue weighted by molar-refractivity contribution is 0.463. The number of nitrogens with zero attached hydrogens (tertiary/aromatic N) is 4. The maximum Gasteiger partial charge on any atom is 0.233 e. The number of nitrogens with one attached hydrogen (secondary N) is 1. The van der Waals surface area contributed by atoms with Gasteiger partial charge in [-0.1, -0.05) is 12.1 Å². The molecule has 1 N–H and O–H groups in total. The third kappa shape index (κ3) is 3.03. The molecule has 118 valence electrons. The summed E-state index contributed by atoms with van der Waals surface area (Å²) in [7, 11) is 0. The van der Waals surface area contributed by atoms with E-state index in [2.05, 4.69) is 20.3 Å². The van der Waals surface area contributed by atoms with Crippen LogP contribution in [0.15, 0.2) is 73.3 Å². The topological polar surface area (TPSA) is 64.3 Å². The minimum Gasteiger partial charge on any atom is -0.439 e. The monoisotopic (exact) mass is 317 g/mol. The number of anilines is 1. The highest BCUT2D eigenvalue weighted by Gasteiger charge is 2.04. The Morgan fingerprint density at radius 3 is 2.83 bits per heavy atom. The molecule has 3 aromatic heterocycles. The van der Waals surface area contributed by atoms with Gasteiger partial charge in [0.05, 0.1) is 18.4 Å². The quantitative estimate of drug-likeness (QED) is 0.610. The molecule has 0 saturated carbocycles. The first-order valence-corrected chi connectivity index (χ1v) is 7.58. The van der Waals surface area contributed by atoms with Crippen molar-refractivity contribution in [1.82, 2.24) is 19.4 Å². The van der Waals surface area contributed by atoms with Crippen LogP contribution < -0.4 is 10.1 Å². The van der Waals surface area contributed by atoms with Crippen molar-refractivity contribution in [3.05, 3.63) is 79.0 Å². The van der Waals surface area contributed by atoms with Crippen LogP contribution in [0.5, 0.6) is 11.6 Å². The molecule has 0 unspecified atom stereocenters. The van der Waals surface area contributed by atoms with E-state index in [1.807, 2.05) is 65.3 Å². The van der Waals surface area contributed by atoms with Crippen molar-refractivity contribution in [2.24, 2.45) is 0 Å². The minimum absolute atomic E-state index is 0.572. The molecular formula is C18H15N5O. The number of rotatable bonds is 5. The molecule has 0 radical (unpaired) electrons. The largest absolute Gasteiger partial charge is 0.439 e. The van der Waals surface area contributed by atoms with E-state index in [1.54, 1.807) is 12.4 Å². The van der Waals surface area contributed by atoms with Gasteiger partial charge in [-0.05, 0) is 24.3 Å². The molecule has 0 saturated heterocycles. The standard InChI is InChI=1S/C18H15N5O/c1-2-8-19-17(7-1)24-16-6-3-5-14(11-16)21-12-15-13-22-18-20-9-4-10-23(15)18/h1-11,13,21H,12H2. The lowest BCUT2D eigenvalue weighted by Crippen LogP contribution is -2.02. The normalized spacial score (nSPS) is 10.7. The fourth-order valence-electron chi connectivity index (χ4n) is 2.40. The van der Waals surface area contributed by atoms with E-state index in [0.717, 1.165) is 17.1 Å². The number of benzene rings is 1. The average Bonchev–Trinajstić information content (AvgIpc) is 3.04. The van der Waals surface area contributed by atoms with E-state index in [9.17, 15) is 0 Å². The average molecular weight is 317 g/mol. The number of hydrogen-bond donors (Lipinski definition) is 1. The first-order chi connectivity index (χ1) is 11.9. The Hall–Kier alpha value is -3.41. The molecule has 24 heavy (non-hydrogen) atoms. The van der Waals surface area contributed by atoms with Gasteiger partial charge in [0.25, 0.3) is 0 Å². The van der Waals surface area contributed by atoms with Crippen molar-refractivity contribution in [1.29, 1.82) is 0 Å². The molecule has 4 aromatic rings. The predicted molar refractivity (Wildman–Crippen MR) is 91.1 cm³/mol. The maximum atomic E-state index is 5.75. The number of fused-ring (bicyclic) bond motifs is 1. The summed E-state index contributed by atoms with van der Waals surface area (Å²) in [6, 6.07) is 15.2. The van der Waals surface area contributed by atoms with E-state index in [1.165, 1.54) is 0 Å². The second kappa shape index (κ2) is 6.37. The molecule has 1 aromatic carbocycles. The van der Waals surface area contributed by atoms with Crippen molar-refractivity contribution >= 4 is 11.5 Å². The van der Waals surface area contributed by atoms with Crippen molar-refractivity contribution in [3.63, 3.8) is 0 Å². The third-order valence-electron chi connectivity index (χ3n) is 3.53. The second-order valence-electron chi connectivity index (χ2n) is 5.19. The van der Waals surface area contributed by atoms with Crippen molar-refractivity contribution < 1.29 is 4.74 Å². The molecule has 0 aliphatic carbocycles. The number of aromatic nitrogens is 4. The Kier molecular flexibility index (Phi) is 3.77. The van der Waals surface area contributed by atoms with Crippen LogP contribution in [0.2, 0.25) is 0 Å². The van der Waals surface area contributed by atoms with Crippen LogP contribution in [0.25, 0.3) is 5.78 Å². The zero-order valence-corrected chi connectivity index (χ0v) is 12.8. The molecular weight excluding hydrogens is 302 g/mol. The molecule has 3 heterocycles. The van der Waals surface area contributed by atoms with Gasteiger partial charge in [-0.2, -0.15) is 0 Å². The van der Waals surface area contributed by atoms with Gasteiger partial charge >= 0.3 is 0 Å². The van der Waals surface area contributed by atoms with Gasteiger partial charge in [-0.3, -0.25) is 4.40 Å². The van der Waals surface area contributed by atoms with Crippen molar-refractivity contribution in [2.75, 3.05) is 5.32 Å². The van der Waals surface area contributed by atoms with Crippen molar-refractivity contribution in [2.45, 2.75) is 6.54 Å². The van der Waals surface area contributed by atoms with Gasteiger partial charge in [0.1, 0.15) is 5.75 Å². The smallest absolute Gasteiger partial charge is 0.233 e. The van der Waals surface area contributed by atoms with E-state index >= 15 is 0 Å². The minimum atomic E-state index is 0.572. The molecule has 4 rings (SSSR count). The summed E-state index contributed by atoms with van der Waals surface area (Å²) in [6.07, 6.45) is 7.21.